The van der Waals surface area contributed by atoms with E-state index in [0.29, 0.717) is 6.54 Å². The molecular formula is C12H16N2O. The van der Waals surface area contributed by atoms with Crippen LogP contribution in [0.1, 0.15) is 13.3 Å². The van der Waals surface area contributed by atoms with E-state index in [0.717, 1.165) is 18.7 Å². The van der Waals surface area contributed by atoms with Crippen LogP contribution in [-0.2, 0) is 4.79 Å². The topological polar surface area (TPSA) is 23.6 Å². The van der Waals surface area contributed by atoms with E-state index < -0.39 is 0 Å². The number of nitrogens with zero attached hydrogens (tertiary/aromatic N) is 2. The van der Waals surface area contributed by atoms with Gasteiger partial charge < -0.3 is 9.80 Å². The third kappa shape index (κ3) is 1.69. The van der Waals surface area contributed by atoms with E-state index in [2.05, 4.69) is 17.9 Å². The summed E-state index contributed by atoms with van der Waals surface area (Å²) in [4.78, 5) is 15.6. The lowest BCUT2D eigenvalue weighted by molar-refractivity contribution is -0.117. The standard InChI is InChI=1S/C12H16N2O/c1-3-8-14-9-12(15)13(2)10-6-4-5-7-11(10)14/h4-7H,3,8-9H2,1-2H3. The van der Waals surface area contributed by atoms with Crippen LogP contribution in [-0.4, -0.2) is 26.0 Å². The molecule has 1 aliphatic heterocycles. The van der Waals surface area contributed by atoms with E-state index in [1.807, 2.05) is 25.2 Å². The van der Waals surface area contributed by atoms with E-state index in [-0.39, 0.29) is 5.91 Å². The summed E-state index contributed by atoms with van der Waals surface area (Å²) in [6.45, 7) is 3.57. The first-order chi connectivity index (χ1) is 7.24. The van der Waals surface area contributed by atoms with E-state index in [1.54, 1.807) is 4.90 Å². The van der Waals surface area contributed by atoms with E-state index >= 15 is 0 Å². The van der Waals surface area contributed by atoms with Crippen molar-refractivity contribution < 1.29 is 4.79 Å². The van der Waals surface area contributed by atoms with Gasteiger partial charge >= 0.3 is 0 Å². The Balaban J connectivity index is 2.40. The number of rotatable bonds is 2. The van der Waals surface area contributed by atoms with Gasteiger partial charge in [-0.15, -0.1) is 0 Å². The summed E-state index contributed by atoms with van der Waals surface area (Å²) in [6, 6.07) is 8.06. The fourth-order valence-corrected chi connectivity index (χ4v) is 1.97. The number of anilines is 2. The van der Waals surface area contributed by atoms with Gasteiger partial charge in [-0.1, -0.05) is 19.1 Å². The van der Waals surface area contributed by atoms with Crippen molar-refractivity contribution in [3.8, 4) is 0 Å². The van der Waals surface area contributed by atoms with Crippen LogP contribution < -0.4 is 9.80 Å². The maximum atomic E-state index is 11.7. The van der Waals surface area contributed by atoms with Gasteiger partial charge in [0.25, 0.3) is 0 Å². The third-order valence-corrected chi connectivity index (χ3v) is 2.78. The SMILES string of the molecule is CCCN1CC(=O)N(C)c2ccccc21. The maximum Gasteiger partial charge on any atom is 0.246 e. The van der Waals surface area contributed by atoms with Crippen molar-refractivity contribution in [2.75, 3.05) is 29.9 Å². The highest BCUT2D eigenvalue weighted by atomic mass is 16.2. The Hall–Kier alpha value is -1.51. The van der Waals surface area contributed by atoms with Crippen LogP contribution in [0.4, 0.5) is 11.4 Å². The molecule has 2 rings (SSSR count). The molecule has 0 saturated heterocycles. The highest BCUT2D eigenvalue weighted by Gasteiger charge is 2.25. The molecule has 3 heteroatoms. The first-order valence-corrected chi connectivity index (χ1v) is 5.34. The molecule has 1 aliphatic rings. The zero-order valence-electron chi connectivity index (χ0n) is 9.23. The zero-order chi connectivity index (χ0) is 10.8. The second-order valence-electron chi connectivity index (χ2n) is 3.86. The quantitative estimate of drug-likeness (QED) is 0.734. The first-order valence-electron chi connectivity index (χ1n) is 5.34. The molecule has 3 nitrogen and oxygen atoms in total. The number of amides is 1. The van der Waals surface area contributed by atoms with Crippen LogP contribution in [0.5, 0.6) is 0 Å². The van der Waals surface area contributed by atoms with Crippen molar-refractivity contribution in [1.29, 1.82) is 0 Å². The van der Waals surface area contributed by atoms with Gasteiger partial charge in [0.2, 0.25) is 5.91 Å². The summed E-state index contributed by atoms with van der Waals surface area (Å²) < 4.78 is 0. The van der Waals surface area contributed by atoms with Crippen LogP contribution >= 0.6 is 0 Å². The Morgan fingerprint density at radius 2 is 1.93 bits per heavy atom. The van der Waals surface area contributed by atoms with Gasteiger partial charge in [0.15, 0.2) is 0 Å². The van der Waals surface area contributed by atoms with Crippen LogP contribution in [0.25, 0.3) is 0 Å². The average Bonchev–Trinajstić information content (AvgIpc) is 2.26. The minimum atomic E-state index is 0.169. The van der Waals surface area contributed by atoms with Crippen molar-refractivity contribution >= 4 is 17.3 Å². The number of hydrogen-bond donors (Lipinski definition) is 0. The maximum absolute atomic E-state index is 11.7. The molecule has 0 radical (unpaired) electrons. The second-order valence-corrected chi connectivity index (χ2v) is 3.86. The lowest BCUT2D eigenvalue weighted by Gasteiger charge is -2.35. The highest BCUT2D eigenvalue weighted by Crippen LogP contribution is 2.32. The average molecular weight is 204 g/mol. The van der Waals surface area contributed by atoms with Gasteiger partial charge in [-0.25, -0.2) is 0 Å². The smallest absolute Gasteiger partial charge is 0.246 e. The number of benzene rings is 1. The minimum absolute atomic E-state index is 0.169. The first kappa shape index (κ1) is 10.0. The normalized spacial score (nSPS) is 15.5. The summed E-state index contributed by atoms with van der Waals surface area (Å²) >= 11 is 0. The van der Waals surface area contributed by atoms with E-state index in [9.17, 15) is 4.79 Å². The van der Waals surface area contributed by atoms with Gasteiger partial charge in [0, 0.05) is 13.6 Å². The largest absolute Gasteiger partial charge is 0.361 e. The second kappa shape index (κ2) is 3.93. The minimum Gasteiger partial charge on any atom is -0.361 e. The van der Waals surface area contributed by atoms with Gasteiger partial charge in [0.1, 0.15) is 0 Å². The fraction of sp³-hybridized carbons (Fsp3) is 0.417. The van der Waals surface area contributed by atoms with Crippen molar-refractivity contribution in [1.82, 2.24) is 0 Å². The van der Waals surface area contributed by atoms with Crippen molar-refractivity contribution in [2.24, 2.45) is 0 Å². The summed E-state index contributed by atoms with van der Waals surface area (Å²) in [5, 5.41) is 0. The molecule has 0 saturated carbocycles. The molecule has 0 spiro atoms. The number of para-hydroxylation sites is 2. The van der Waals surface area contributed by atoms with Crippen molar-refractivity contribution in [3.05, 3.63) is 24.3 Å². The van der Waals surface area contributed by atoms with Crippen LogP contribution in [0.2, 0.25) is 0 Å². The third-order valence-electron chi connectivity index (χ3n) is 2.78. The molecule has 0 aromatic heterocycles. The van der Waals surface area contributed by atoms with Crippen LogP contribution in [0.15, 0.2) is 24.3 Å². The zero-order valence-corrected chi connectivity index (χ0v) is 9.23. The molecule has 1 amide bonds. The molecule has 80 valence electrons. The van der Waals surface area contributed by atoms with Gasteiger partial charge in [-0.3, -0.25) is 4.79 Å². The van der Waals surface area contributed by atoms with Crippen molar-refractivity contribution in [3.63, 3.8) is 0 Å². The lowest BCUT2D eigenvalue weighted by atomic mass is 10.1. The Bertz CT molecular complexity index is 376. The number of hydrogen-bond acceptors (Lipinski definition) is 2. The molecule has 0 bridgehead atoms. The lowest BCUT2D eigenvalue weighted by Crippen LogP contribution is -2.44. The van der Waals surface area contributed by atoms with E-state index in [1.165, 1.54) is 5.69 Å². The Kier molecular flexibility index (Phi) is 2.62. The summed E-state index contributed by atoms with van der Waals surface area (Å²) in [7, 11) is 1.84. The van der Waals surface area contributed by atoms with Gasteiger partial charge in [0.05, 0.1) is 17.9 Å². The predicted molar refractivity (Wildman–Crippen MR) is 62.4 cm³/mol. The highest BCUT2D eigenvalue weighted by molar-refractivity contribution is 6.02. The number of carbonyl (C=O) groups is 1. The number of likely N-dealkylation sites (N-methyl/N-ethyl adjacent to an activating group) is 1. The Morgan fingerprint density at radius 3 is 2.60 bits per heavy atom. The molecule has 0 fully saturated rings. The molecule has 0 aliphatic carbocycles. The fourth-order valence-electron chi connectivity index (χ4n) is 1.97. The molecule has 0 unspecified atom stereocenters. The molecule has 1 aromatic rings. The Labute approximate surface area is 90.3 Å². The van der Waals surface area contributed by atoms with Gasteiger partial charge in [-0.05, 0) is 18.6 Å². The summed E-state index contributed by atoms with van der Waals surface area (Å²) in [5.41, 5.74) is 2.18. The molecule has 1 aromatic carbocycles. The molecule has 1 heterocycles. The number of fused-ring (bicyclic) bond motifs is 1. The monoisotopic (exact) mass is 204 g/mol. The summed E-state index contributed by atoms with van der Waals surface area (Å²) in [6.07, 6.45) is 1.06. The Morgan fingerprint density at radius 1 is 1.27 bits per heavy atom. The molecular weight excluding hydrogens is 188 g/mol. The molecule has 0 atom stereocenters. The van der Waals surface area contributed by atoms with Gasteiger partial charge in [-0.2, -0.15) is 0 Å². The van der Waals surface area contributed by atoms with Crippen molar-refractivity contribution in [2.45, 2.75) is 13.3 Å². The predicted octanol–water partition coefficient (Wildman–Crippen LogP) is 1.88. The summed E-state index contributed by atoms with van der Waals surface area (Å²) in [5.74, 6) is 0.169. The molecule has 0 N–H and O–H groups in total. The van der Waals surface area contributed by atoms with Crippen LogP contribution in [0.3, 0.4) is 0 Å². The van der Waals surface area contributed by atoms with Crippen LogP contribution in [0, 0.1) is 0 Å². The van der Waals surface area contributed by atoms with E-state index in [4.69, 9.17) is 0 Å². The molecule has 15 heavy (non-hydrogen) atoms. The number of carbonyl (C=O) groups excluding carboxylic acids is 1.